The van der Waals surface area contributed by atoms with Crippen LogP contribution in [0, 0.1) is 5.41 Å². The number of halogens is 1. The SMILES string of the molecule is CCn1c(CC(C)(C)C)cnc1Cl. The van der Waals surface area contributed by atoms with E-state index in [1.54, 1.807) is 0 Å². The Labute approximate surface area is 84.9 Å². The van der Waals surface area contributed by atoms with E-state index in [0.29, 0.717) is 5.28 Å². The van der Waals surface area contributed by atoms with Gasteiger partial charge in [-0.15, -0.1) is 0 Å². The van der Waals surface area contributed by atoms with Crippen molar-refractivity contribution in [3.8, 4) is 0 Å². The molecule has 0 aromatic carbocycles. The van der Waals surface area contributed by atoms with Gasteiger partial charge in [0.25, 0.3) is 0 Å². The van der Waals surface area contributed by atoms with Crippen molar-refractivity contribution in [1.29, 1.82) is 0 Å². The first-order chi connectivity index (χ1) is 5.94. The molecule has 0 aliphatic carbocycles. The van der Waals surface area contributed by atoms with E-state index in [4.69, 9.17) is 11.6 Å². The minimum absolute atomic E-state index is 0.288. The highest BCUT2D eigenvalue weighted by Crippen LogP contribution is 2.22. The summed E-state index contributed by atoms with van der Waals surface area (Å²) in [5.41, 5.74) is 1.51. The molecule has 1 heterocycles. The van der Waals surface area contributed by atoms with Crippen molar-refractivity contribution < 1.29 is 0 Å². The molecule has 0 N–H and O–H groups in total. The molecule has 0 bridgehead atoms. The van der Waals surface area contributed by atoms with Crippen molar-refractivity contribution in [3.05, 3.63) is 17.2 Å². The second-order valence-electron chi connectivity index (χ2n) is 4.50. The van der Waals surface area contributed by atoms with Crippen LogP contribution in [-0.4, -0.2) is 9.55 Å². The molecule has 3 heteroatoms. The van der Waals surface area contributed by atoms with Crippen LogP contribution in [0.3, 0.4) is 0 Å². The Morgan fingerprint density at radius 1 is 1.46 bits per heavy atom. The fourth-order valence-corrected chi connectivity index (χ4v) is 1.68. The molecule has 1 aromatic rings. The number of imidazole rings is 1. The molecular weight excluding hydrogens is 184 g/mol. The summed E-state index contributed by atoms with van der Waals surface area (Å²) in [6.07, 6.45) is 2.89. The van der Waals surface area contributed by atoms with Crippen LogP contribution in [0.4, 0.5) is 0 Å². The molecule has 0 radical (unpaired) electrons. The molecule has 0 unspecified atom stereocenters. The Bertz CT molecular complexity index is 284. The van der Waals surface area contributed by atoms with Gasteiger partial charge in [0, 0.05) is 18.4 Å². The summed E-state index contributed by atoms with van der Waals surface area (Å²) in [6, 6.07) is 0. The number of aromatic nitrogens is 2. The maximum atomic E-state index is 5.93. The molecule has 0 saturated carbocycles. The lowest BCUT2D eigenvalue weighted by Gasteiger charge is -2.18. The van der Waals surface area contributed by atoms with Crippen LogP contribution in [0.15, 0.2) is 6.20 Å². The average Bonchev–Trinajstić information content (AvgIpc) is 2.28. The van der Waals surface area contributed by atoms with Gasteiger partial charge in [-0.1, -0.05) is 20.8 Å². The molecule has 0 fully saturated rings. The van der Waals surface area contributed by atoms with Crippen LogP contribution in [0.1, 0.15) is 33.4 Å². The van der Waals surface area contributed by atoms with Gasteiger partial charge in [-0.25, -0.2) is 4.98 Å². The third-order valence-electron chi connectivity index (χ3n) is 1.92. The molecule has 0 aliphatic heterocycles. The van der Waals surface area contributed by atoms with Crippen LogP contribution in [-0.2, 0) is 13.0 Å². The fraction of sp³-hybridized carbons (Fsp3) is 0.700. The van der Waals surface area contributed by atoms with Gasteiger partial charge in [0.15, 0.2) is 0 Å². The monoisotopic (exact) mass is 200 g/mol. The number of hydrogen-bond donors (Lipinski definition) is 0. The predicted octanol–water partition coefficient (Wildman–Crippen LogP) is 3.15. The summed E-state index contributed by atoms with van der Waals surface area (Å²) in [4.78, 5) is 4.10. The molecule has 13 heavy (non-hydrogen) atoms. The zero-order valence-electron chi connectivity index (χ0n) is 8.76. The zero-order chi connectivity index (χ0) is 10.1. The Morgan fingerprint density at radius 2 is 2.08 bits per heavy atom. The van der Waals surface area contributed by atoms with E-state index in [1.807, 2.05) is 10.8 Å². The standard InChI is InChI=1S/C10H17ClN2/c1-5-13-8(6-10(2,3)4)7-12-9(13)11/h7H,5-6H2,1-4H3. The van der Waals surface area contributed by atoms with Gasteiger partial charge >= 0.3 is 0 Å². The van der Waals surface area contributed by atoms with E-state index < -0.39 is 0 Å². The first-order valence-corrected chi connectivity index (χ1v) is 5.02. The molecule has 0 aliphatic rings. The van der Waals surface area contributed by atoms with E-state index in [1.165, 1.54) is 5.69 Å². The van der Waals surface area contributed by atoms with E-state index in [-0.39, 0.29) is 5.41 Å². The normalized spacial score (nSPS) is 12.1. The minimum Gasteiger partial charge on any atom is -0.319 e. The maximum Gasteiger partial charge on any atom is 0.202 e. The summed E-state index contributed by atoms with van der Waals surface area (Å²) >= 11 is 5.93. The molecule has 0 spiro atoms. The molecule has 0 atom stereocenters. The number of hydrogen-bond acceptors (Lipinski definition) is 1. The fourth-order valence-electron chi connectivity index (χ4n) is 1.40. The molecule has 0 amide bonds. The predicted molar refractivity (Wildman–Crippen MR) is 56.1 cm³/mol. The largest absolute Gasteiger partial charge is 0.319 e. The van der Waals surface area contributed by atoms with Gasteiger partial charge < -0.3 is 4.57 Å². The Kier molecular flexibility index (Phi) is 3.01. The van der Waals surface area contributed by atoms with Crippen molar-refractivity contribution in [2.24, 2.45) is 5.41 Å². The van der Waals surface area contributed by atoms with Crippen molar-refractivity contribution in [2.75, 3.05) is 0 Å². The van der Waals surface area contributed by atoms with E-state index in [2.05, 4.69) is 32.7 Å². The van der Waals surface area contributed by atoms with Gasteiger partial charge in [0.05, 0.1) is 0 Å². The Morgan fingerprint density at radius 3 is 2.54 bits per heavy atom. The number of rotatable bonds is 2. The highest BCUT2D eigenvalue weighted by atomic mass is 35.5. The van der Waals surface area contributed by atoms with Crippen LogP contribution >= 0.6 is 11.6 Å². The highest BCUT2D eigenvalue weighted by molar-refractivity contribution is 6.28. The van der Waals surface area contributed by atoms with Crippen molar-refractivity contribution in [3.63, 3.8) is 0 Å². The zero-order valence-corrected chi connectivity index (χ0v) is 9.52. The average molecular weight is 201 g/mol. The van der Waals surface area contributed by atoms with Crippen molar-refractivity contribution in [2.45, 2.75) is 40.7 Å². The van der Waals surface area contributed by atoms with Crippen LogP contribution < -0.4 is 0 Å². The second kappa shape index (κ2) is 3.70. The molecule has 2 nitrogen and oxygen atoms in total. The summed E-state index contributed by atoms with van der Waals surface area (Å²) in [7, 11) is 0. The Balaban J connectivity index is 2.89. The van der Waals surface area contributed by atoms with E-state index in [0.717, 1.165) is 13.0 Å². The van der Waals surface area contributed by atoms with Crippen molar-refractivity contribution >= 4 is 11.6 Å². The van der Waals surface area contributed by atoms with Gasteiger partial charge in [0.1, 0.15) is 0 Å². The summed E-state index contributed by atoms with van der Waals surface area (Å²) in [5, 5.41) is 0.599. The third-order valence-corrected chi connectivity index (χ3v) is 2.22. The molecule has 74 valence electrons. The minimum atomic E-state index is 0.288. The third kappa shape index (κ3) is 2.73. The maximum absolute atomic E-state index is 5.93. The summed E-state index contributed by atoms with van der Waals surface area (Å²) in [6.45, 7) is 9.62. The lowest BCUT2D eigenvalue weighted by atomic mass is 9.91. The van der Waals surface area contributed by atoms with Gasteiger partial charge in [-0.2, -0.15) is 0 Å². The Hall–Kier alpha value is -0.500. The smallest absolute Gasteiger partial charge is 0.202 e. The summed E-state index contributed by atoms with van der Waals surface area (Å²) in [5.74, 6) is 0. The molecular formula is C10H17ClN2. The lowest BCUT2D eigenvalue weighted by Crippen LogP contribution is -2.13. The first kappa shape index (κ1) is 10.6. The topological polar surface area (TPSA) is 17.8 Å². The van der Waals surface area contributed by atoms with Crippen molar-refractivity contribution in [1.82, 2.24) is 9.55 Å². The molecule has 1 rings (SSSR count). The molecule has 0 saturated heterocycles. The lowest BCUT2D eigenvalue weighted by molar-refractivity contribution is 0.398. The highest BCUT2D eigenvalue weighted by Gasteiger charge is 2.15. The van der Waals surface area contributed by atoms with Crippen LogP contribution in [0.5, 0.6) is 0 Å². The summed E-state index contributed by atoms with van der Waals surface area (Å²) < 4.78 is 2.05. The molecule has 1 aromatic heterocycles. The van der Waals surface area contributed by atoms with Gasteiger partial charge in [-0.3, -0.25) is 0 Å². The van der Waals surface area contributed by atoms with E-state index in [9.17, 15) is 0 Å². The number of nitrogens with zero attached hydrogens (tertiary/aromatic N) is 2. The second-order valence-corrected chi connectivity index (χ2v) is 4.84. The quantitative estimate of drug-likeness (QED) is 0.717. The van der Waals surface area contributed by atoms with Gasteiger partial charge in [0.2, 0.25) is 5.28 Å². The van der Waals surface area contributed by atoms with Gasteiger partial charge in [-0.05, 0) is 30.4 Å². The first-order valence-electron chi connectivity index (χ1n) is 4.64. The van der Waals surface area contributed by atoms with Crippen LogP contribution in [0.2, 0.25) is 5.28 Å². The van der Waals surface area contributed by atoms with E-state index >= 15 is 0 Å². The van der Waals surface area contributed by atoms with Crippen LogP contribution in [0.25, 0.3) is 0 Å².